The third-order valence-electron chi connectivity index (χ3n) is 4.97. The molecule has 4 rings (SSSR count). The number of nitrogens with one attached hydrogen (secondary N) is 1. The number of nitrogen functional groups attached to an aromatic ring is 1. The van der Waals surface area contributed by atoms with Crippen LogP contribution in [0.15, 0.2) is 54.0 Å². The predicted molar refractivity (Wildman–Crippen MR) is 131 cm³/mol. The Morgan fingerprint density at radius 1 is 1.17 bits per heavy atom. The Morgan fingerprint density at radius 3 is 2.69 bits per heavy atom. The van der Waals surface area contributed by atoms with Crippen LogP contribution >= 0.6 is 11.3 Å². The van der Waals surface area contributed by atoms with E-state index < -0.39 is 6.09 Å². The predicted octanol–water partition coefficient (Wildman–Crippen LogP) is 4.56. The standard InChI is InChI=1S/C25H24FN3O5S/c1-15-7-19(32-12-16-3-2-4-18(26)9-16)10-20(8-15)33-13-17-14-35-23-21(11-29-24(27)22(17)23)34-25(31)28-5-6-30/h2-4,7-11,14,30H,5-6,12-13H2,1H3,(H2,27,29)(H,28,31). The van der Waals surface area contributed by atoms with Crippen molar-refractivity contribution in [3.63, 3.8) is 0 Å². The smallest absolute Gasteiger partial charge is 0.412 e. The highest BCUT2D eigenvalue weighted by molar-refractivity contribution is 7.17. The first kappa shape index (κ1) is 24.2. The number of hydrogen-bond acceptors (Lipinski definition) is 8. The fraction of sp³-hybridized carbons (Fsp3) is 0.200. The Hall–Kier alpha value is -3.89. The van der Waals surface area contributed by atoms with E-state index in [0.717, 1.165) is 16.7 Å². The van der Waals surface area contributed by atoms with Gasteiger partial charge in [-0.15, -0.1) is 11.3 Å². The Bertz CT molecular complexity index is 1340. The van der Waals surface area contributed by atoms with Gasteiger partial charge in [-0.1, -0.05) is 12.1 Å². The maximum Gasteiger partial charge on any atom is 0.412 e. The molecule has 0 atom stereocenters. The van der Waals surface area contributed by atoms with Crippen LogP contribution in [0.1, 0.15) is 16.7 Å². The molecule has 0 bridgehead atoms. The van der Waals surface area contributed by atoms with Crippen molar-refractivity contribution in [2.24, 2.45) is 0 Å². The van der Waals surface area contributed by atoms with E-state index in [1.807, 2.05) is 24.4 Å². The number of amides is 1. The number of nitrogens with zero attached hydrogens (tertiary/aromatic N) is 1. The SMILES string of the molecule is Cc1cc(OCc2cccc(F)c2)cc(OCc2csc3c(OC(=O)NCCO)cnc(N)c23)c1. The fourth-order valence-corrected chi connectivity index (χ4v) is 4.43. The van der Waals surface area contributed by atoms with Gasteiger partial charge in [0.2, 0.25) is 0 Å². The van der Waals surface area contributed by atoms with Crippen LogP contribution in [-0.4, -0.2) is 29.3 Å². The summed E-state index contributed by atoms with van der Waals surface area (Å²) in [6.07, 6.45) is 0.698. The van der Waals surface area contributed by atoms with E-state index in [2.05, 4.69) is 10.3 Å². The lowest BCUT2D eigenvalue weighted by molar-refractivity contribution is 0.196. The molecule has 0 aliphatic heterocycles. The van der Waals surface area contributed by atoms with Crippen molar-refractivity contribution in [2.45, 2.75) is 20.1 Å². The van der Waals surface area contributed by atoms with Crippen molar-refractivity contribution < 1.29 is 28.5 Å². The van der Waals surface area contributed by atoms with Crippen LogP contribution in [0.25, 0.3) is 10.1 Å². The molecule has 0 unspecified atom stereocenters. The van der Waals surface area contributed by atoms with E-state index in [1.165, 1.54) is 29.7 Å². The minimum absolute atomic E-state index is 0.0817. The van der Waals surface area contributed by atoms with Crippen LogP contribution in [0, 0.1) is 12.7 Å². The number of thiophene rings is 1. The van der Waals surface area contributed by atoms with Crippen LogP contribution in [-0.2, 0) is 13.2 Å². The lowest BCUT2D eigenvalue weighted by Crippen LogP contribution is -2.29. The first-order valence-electron chi connectivity index (χ1n) is 10.8. The molecule has 2 aromatic heterocycles. The molecule has 35 heavy (non-hydrogen) atoms. The van der Waals surface area contributed by atoms with Crippen LogP contribution in [0.5, 0.6) is 17.2 Å². The lowest BCUT2D eigenvalue weighted by atomic mass is 10.2. The normalized spacial score (nSPS) is 10.8. The van der Waals surface area contributed by atoms with Crippen LogP contribution in [0.4, 0.5) is 15.0 Å². The Labute approximate surface area is 205 Å². The highest BCUT2D eigenvalue weighted by atomic mass is 32.1. The van der Waals surface area contributed by atoms with Crippen LogP contribution in [0.3, 0.4) is 0 Å². The van der Waals surface area contributed by atoms with Crippen molar-refractivity contribution in [3.05, 3.63) is 76.5 Å². The molecule has 2 heterocycles. The molecule has 0 fully saturated rings. The second-order valence-corrected chi connectivity index (χ2v) is 8.58. The summed E-state index contributed by atoms with van der Waals surface area (Å²) in [6, 6.07) is 11.8. The number of carbonyl (C=O) groups is 1. The molecule has 0 radical (unpaired) electrons. The van der Waals surface area contributed by atoms with Gasteiger partial charge in [-0.25, -0.2) is 14.2 Å². The number of rotatable bonds is 9. The van der Waals surface area contributed by atoms with Gasteiger partial charge in [0.1, 0.15) is 36.3 Å². The average Bonchev–Trinajstić information content (AvgIpc) is 3.27. The summed E-state index contributed by atoms with van der Waals surface area (Å²) in [4.78, 5) is 16.0. The fourth-order valence-electron chi connectivity index (χ4n) is 3.42. The van der Waals surface area contributed by atoms with E-state index in [4.69, 9.17) is 25.1 Å². The molecule has 4 aromatic rings. The van der Waals surface area contributed by atoms with E-state index in [0.29, 0.717) is 27.4 Å². The first-order valence-corrected chi connectivity index (χ1v) is 11.6. The number of benzene rings is 2. The third kappa shape index (κ3) is 6.17. The number of aliphatic hydroxyl groups is 1. The molecule has 2 aromatic carbocycles. The van der Waals surface area contributed by atoms with Gasteiger partial charge in [-0.2, -0.15) is 0 Å². The molecule has 0 aliphatic carbocycles. The van der Waals surface area contributed by atoms with Crippen molar-refractivity contribution in [3.8, 4) is 17.2 Å². The highest BCUT2D eigenvalue weighted by Crippen LogP contribution is 2.37. The van der Waals surface area contributed by atoms with Crippen LogP contribution < -0.4 is 25.3 Å². The number of hydrogen-bond donors (Lipinski definition) is 3. The summed E-state index contributed by atoms with van der Waals surface area (Å²) in [5.74, 6) is 1.46. The van der Waals surface area contributed by atoms with Crippen molar-refractivity contribution in [1.82, 2.24) is 10.3 Å². The van der Waals surface area contributed by atoms with Crippen molar-refractivity contribution in [1.29, 1.82) is 0 Å². The topological polar surface area (TPSA) is 116 Å². The van der Waals surface area contributed by atoms with E-state index >= 15 is 0 Å². The van der Waals surface area contributed by atoms with Crippen LogP contribution in [0.2, 0.25) is 0 Å². The molecule has 4 N–H and O–H groups in total. The Kier molecular flexibility index (Phi) is 7.64. The number of aliphatic hydroxyl groups excluding tert-OH is 1. The molecule has 0 saturated carbocycles. The summed E-state index contributed by atoms with van der Waals surface area (Å²) >= 11 is 1.36. The lowest BCUT2D eigenvalue weighted by Gasteiger charge is -2.12. The molecule has 10 heteroatoms. The number of aromatic nitrogens is 1. The summed E-state index contributed by atoms with van der Waals surface area (Å²) in [5, 5.41) is 13.8. The minimum Gasteiger partial charge on any atom is -0.489 e. The van der Waals surface area contributed by atoms with Gasteiger partial charge in [-0.05, 0) is 47.7 Å². The zero-order chi connectivity index (χ0) is 24.8. The molecular weight excluding hydrogens is 473 g/mol. The summed E-state index contributed by atoms with van der Waals surface area (Å²) in [6.45, 7) is 2.25. The molecule has 0 saturated heterocycles. The van der Waals surface area contributed by atoms with E-state index in [9.17, 15) is 9.18 Å². The molecule has 182 valence electrons. The minimum atomic E-state index is -0.691. The van der Waals surface area contributed by atoms with Gasteiger partial charge in [0.05, 0.1) is 17.5 Å². The molecule has 0 spiro atoms. The first-order chi connectivity index (χ1) is 16.9. The number of aryl methyl sites for hydroxylation is 1. The average molecular weight is 498 g/mol. The summed E-state index contributed by atoms with van der Waals surface area (Å²) in [7, 11) is 0. The highest BCUT2D eigenvalue weighted by Gasteiger charge is 2.16. The number of ether oxygens (including phenoxy) is 3. The molecule has 1 amide bonds. The monoisotopic (exact) mass is 497 g/mol. The second-order valence-electron chi connectivity index (χ2n) is 7.70. The number of halogens is 1. The van der Waals surface area contributed by atoms with Crippen molar-refractivity contribution in [2.75, 3.05) is 18.9 Å². The number of pyridine rings is 1. The zero-order valence-corrected chi connectivity index (χ0v) is 19.7. The Morgan fingerprint density at radius 2 is 1.94 bits per heavy atom. The van der Waals surface area contributed by atoms with Gasteiger partial charge in [0.15, 0.2) is 5.75 Å². The molecular formula is C25H24FN3O5S. The molecule has 8 nitrogen and oxygen atoms in total. The quantitative estimate of drug-likeness (QED) is 0.310. The van der Waals surface area contributed by atoms with Gasteiger partial charge in [-0.3, -0.25) is 0 Å². The Balaban J connectivity index is 1.47. The van der Waals surface area contributed by atoms with Gasteiger partial charge in [0, 0.05) is 23.6 Å². The summed E-state index contributed by atoms with van der Waals surface area (Å²) < 4.78 is 31.2. The van der Waals surface area contributed by atoms with E-state index in [-0.39, 0.29) is 37.9 Å². The van der Waals surface area contributed by atoms with Gasteiger partial charge >= 0.3 is 6.09 Å². The maximum atomic E-state index is 13.4. The number of carbonyl (C=O) groups excluding carboxylic acids is 1. The third-order valence-corrected chi connectivity index (χ3v) is 6.01. The number of anilines is 1. The maximum absolute atomic E-state index is 13.4. The second kappa shape index (κ2) is 11.0. The largest absolute Gasteiger partial charge is 0.489 e. The van der Waals surface area contributed by atoms with Gasteiger partial charge < -0.3 is 30.4 Å². The zero-order valence-electron chi connectivity index (χ0n) is 18.9. The van der Waals surface area contributed by atoms with Gasteiger partial charge in [0.25, 0.3) is 0 Å². The van der Waals surface area contributed by atoms with E-state index in [1.54, 1.807) is 18.2 Å². The van der Waals surface area contributed by atoms with Crippen molar-refractivity contribution >= 4 is 33.3 Å². The number of nitrogens with two attached hydrogens (primary N) is 1. The summed E-state index contributed by atoms with van der Waals surface area (Å²) in [5.41, 5.74) is 8.57. The molecule has 0 aliphatic rings. The number of fused-ring (bicyclic) bond motifs is 1.